The van der Waals surface area contributed by atoms with Gasteiger partial charge in [0.25, 0.3) is 6.29 Å². The molecule has 9 nitrogen and oxygen atoms in total. The minimum Gasteiger partial charge on any atom is -0.477 e. The van der Waals surface area contributed by atoms with Gasteiger partial charge in [0.05, 0.1) is 34.4 Å². The van der Waals surface area contributed by atoms with Gasteiger partial charge < -0.3 is 28.5 Å². The summed E-state index contributed by atoms with van der Waals surface area (Å²) in [5.41, 5.74) is 0. The number of carbonyl (C=O) groups is 3. The Bertz CT molecular complexity index is 1710. The standard InChI is InChI=1S/C92H177NO8/c1-6-8-10-12-14-16-18-20-22-24-26-28-30-32-34-36-38-40-42-43-44-45-46-47-49-50-52-54-56-58-60-62-64-66-68-70-72-74-76-78-80-82-89(94)99-86-88(87-100-92(91(96)97)98-85-84-93(3,4)5)101-90(95)83-81-79-77-75-73-71-69-67-65-63-61-59-57-55-53-51-48-41-39-37-35-33-31-29-27-25-23-21-19-17-15-13-11-9-7-2/h19,21,25,27,88,92H,6-18,20,22-24,26,28-87H2,1-5H3/p+1/b21-19-,27-25-. The number of unbranched alkanes of at least 4 members (excludes halogenated alkanes) is 68. The molecule has 0 aromatic rings. The second kappa shape index (κ2) is 83.4. The van der Waals surface area contributed by atoms with Crippen molar-refractivity contribution in [3.8, 4) is 0 Å². The lowest BCUT2D eigenvalue weighted by Crippen LogP contribution is -2.40. The predicted molar refractivity (Wildman–Crippen MR) is 438 cm³/mol. The molecule has 0 saturated heterocycles. The number of allylic oxidation sites excluding steroid dienone is 4. The van der Waals surface area contributed by atoms with E-state index < -0.39 is 18.4 Å². The fourth-order valence-corrected chi connectivity index (χ4v) is 14.3. The summed E-state index contributed by atoms with van der Waals surface area (Å²) in [6, 6.07) is 0. The van der Waals surface area contributed by atoms with E-state index in [0.717, 1.165) is 44.9 Å². The SMILES string of the molecule is CCCCCCC/C=C\C/C=C\CCCCCCCCCCCCCCCCCCCCCCCCCC(=O)OC(COC(=O)CCCCCCCCCCCCCCCCCCCCCCCCCCCCCCCCCCCCCCCCCCC)COC(OCC[N+](C)(C)C)C(=O)O. The van der Waals surface area contributed by atoms with Crippen molar-refractivity contribution in [1.29, 1.82) is 0 Å². The van der Waals surface area contributed by atoms with E-state index in [1.54, 1.807) is 0 Å². The highest BCUT2D eigenvalue weighted by Gasteiger charge is 2.25. The van der Waals surface area contributed by atoms with Crippen LogP contribution in [0.15, 0.2) is 24.3 Å². The zero-order chi connectivity index (χ0) is 73.2. The third-order valence-corrected chi connectivity index (χ3v) is 21.2. The molecule has 0 heterocycles. The van der Waals surface area contributed by atoms with Crippen molar-refractivity contribution in [2.45, 2.75) is 501 Å². The van der Waals surface area contributed by atoms with Crippen molar-refractivity contribution in [2.24, 2.45) is 0 Å². The fraction of sp³-hybridized carbons (Fsp3) is 0.924. The largest absolute Gasteiger partial charge is 0.477 e. The maximum Gasteiger partial charge on any atom is 0.361 e. The van der Waals surface area contributed by atoms with Crippen molar-refractivity contribution in [1.82, 2.24) is 0 Å². The molecular formula is C92H178NO8+. The number of rotatable bonds is 87. The van der Waals surface area contributed by atoms with Crippen molar-refractivity contribution in [3.05, 3.63) is 24.3 Å². The first-order valence-electron chi connectivity index (χ1n) is 45.5. The molecule has 598 valence electrons. The highest BCUT2D eigenvalue weighted by Crippen LogP contribution is 2.22. The van der Waals surface area contributed by atoms with Crippen molar-refractivity contribution >= 4 is 17.9 Å². The first-order chi connectivity index (χ1) is 49.6. The normalized spacial score (nSPS) is 12.6. The molecule has 1 N–H and O–H groups in total. The van der Waals surface area contributed by atoms with Crippen LogP contribution < -0.4 is 0 Å². The van der Waals surface area contributed by atoms with Gasteiger partial charge in [-0.15, -0.1) is 0 Å². The molecule has 0 aromatic carbocycles. The number of esters is 2. The van der Waals surface area contributed by atoms with Crippen molar-refractivity contribution in [3.63, 3.8) is 0 Å². The topological polar surface area (TPSA) is 108 Å². The van der Waals surface area contributed by atoms with E-state index in [9.17, 15) is 19.5 Å². The van der Waals surface area contributed by atoms with Gasteiger partial charge in [0.1, 0.15) is 13.2 Å². The second-order valence-corrected chi connectivity index (χ2v) is 32.6. The number of aliphatic carboxylic acids is 1. The lowest BCUT2D eigenvalue weighted by atomic mass is 10.0. The van der Waals surface area contributed by atoms with E-state index in [1.165, 1.54) is 417 Å². The molecule has 2 atom stereocenters. The highest BCUT2D eigenvalue weighted by molar-refractivity contribution is 5.71. The molecule has 0 aliphatic carbocycles. The van der Waals surface area contributed by atoms with E-state index in [0.29, 0.717) is 17.4 Å². The lowest BCUT2D eigenvalue weighted by Gasteiger charge is -2.25. The summed E-state index contributed by atoms with van der Waals surface area (Å²) < 4.78 is 23.1. The van der Waals surface area contributed by atoms with E-state index in [-0.39, 0.29) is 38.2 Å². The molecule has 0 amide bonds. The third kappa shape index (κ3) is 84.9. The molecular weight excluding hydrogens is 1250 g/mol. The number of carboxylic acids is 1. The zero-order valence-electron chi connectivity index (χ0n) is 68.9. The maximum absolute atomic E-state index is 13.0. The summed E-state index contributed by atoms with van der Waals surface area (Å²) in [7, 11) is 6.01. The fourth-order valence-electron chi connectivity index (χ4n) is 14.3. The van der Waals surface area contributed by atoms with Gasteiger partial charge in [-0.3, -0.25) is 9.59 Å². The Kier molecular flexibility index (Phi) is 81.6. The van der Waals surface area contributed by atoms with Gasteiger partial charge in [0, 0.05) is 12.8 Å². The van der Waals surface area contributed by atoms with Crippen LogP contribution in [0.2, 0.25) is 0 Å². The van der Waals surface area contributed by atoms with Gasteiger partial charge in [-0.2, -0.15) is 0 Å². The number of hydrogen-bond acceptors (Lipinski definition) is 7. The molecule has 0 aromatic heterocycles. The zero-order valence-corrected chi connectivity index (χ0v) is 68.9. The third-order valence-electron chi connectivity index (χ3n) is 21.2. The van der Waals surface area contributed by atoms with E-state index in [2.05, 4.69) is 38.2 Å². The number of hydrogen-bond donors (Lipinski definition) is 1. The van der Waals surface area contributed by atoms with Crippen LogP contribution in [0.1, 0.15) is 489 Å². The van der Waals surface area contributed by atoms with E-state index in [1.807, 2.05) is 21.1 Å². The Labute approximate surface area is 630 Å². The monoisotopic (exact) mass is 1430 g/mol. The Balaban J connectivity index is 3.87. The van der Waals surface area contributed by atoms with Gasteiger partial charge in [0.2, 0.25) is 0 Å². The van der Waals surface area contributed by atoms with Gasteiger partial charge in [-0.05, 0) is 44.9 Å². The average Bonchev–Trinajstić information content (AvgIpc) is 1.25. The van der Waals surface area contributed by atoms with Crippen LogP contribution in [-0.2, 0) is 33.3 Å². The molecule has 0 saturated carbocycles. The molecule has 0 spiro atoms. The Hall–Kier alpha value is -2.23. The average molecular weight is 1430 g/mol. The molecule has 0 aliphatic heterocycles. The molecule has 2 unspecified atom stereocenters. The Morgan fingerprint density at radius 2 is 0.535 bits per heavy atom. The van der Waals surface area contributed by atoms with E-state index >= 15 is 0 Å². The number of quaternary nitrogens is 1. The Morgan fingerprint density at radius 3 is 0.782 bits per heavy atom. The minimum absolute atomic E-state index is 0.173. The van der Waals surface area contributed by atoms with Gasteiger partial charge in [0.15, 0.2) is 6.10 Å². The molecule has 0 radical (unpaired) electrons. The molecule has 9 heteroatoms. The maximum atomic E-state index is 13.0. The number of carbonyl (C=O) groups excluding carboxylic acids is 2. The summed E-state index contributed by atoms with van der Waals surface area (Å²) >= 11 is 0. The number of ether oxygens (including phenoxy) is 4. The quantitative estimate of drug-likeness (QED) is 0.0211. The van der Waals surface area contributed by atoms with Crippen LogP contribution in [0, 0.1) is 0 Å². The van der Waals surface area contributed by atoms with E-state index in [4.69, 9.17) is 18.9 Å². The van der Waals surface area contributed by atoms with Crippen LogP contribution in [0.3, 0.4) is 0 Å². The van der Waals surface area contributed by atoms with Crippen LogP contribution >= 0.6 is 0 Å². The summed E-state index contributed by atoms with van der Waals surface area (Å²) in [6.45, 7) is 4.97. The van der Waals surface area contributed by atoms with Crippen LogP contribution in [0.5, 0.6) is 0 Å². The first-order valence-corrected chi connectivity index (χ1v) is 45.5. The smallest absolute Gasteiger partial charge is 0.361 e. The predicted octanol–water partition coefficient (Wildman–Crippen LogP) is 29.6. The number of nitrogens with zero attached hydrogens (tertiary/aromatic N) is 1. The van der Waals surface area contributed by atoms with Crippen LogP contribution in [0.4, 0.5) is 0 Å². The molecule has 0 bridgehead atoms. The minimum atomic E-state index is -1.51. The van der Waals surface area contributed by atoms with Gasteiger partial charge >= 0.3 is 17.9 Å². The summed E-state index contributed by atoms with van der Waals surface area (Å²) in [5.74, 6) is -1.96. The second-order valence-electron chi connectivity index (χ2n) is 32.6. The van der Waals surface area contributed by atoms with Crippen molar-refractivity contribution in [2.75, 3.05) is 47.5 Å². The highest BCUT2D eigenvalue weighted by atomic mass is 16.7. The summed E-state index contributed by atoms with van der Waals surface area (Å²) in [6.07, 6.45) is 105. The van der Waals surface area contributed by atoms with Crippen molar-refractivity contribution < 1.29 is 42.9 Å². The lowest BCUT2D eigenvalue weighted by molar-refractivity contribution is -0.870. The first kappa shape index (κ1) is 98.8. The van der Waals surface area contributed by atoms with Crippen LogP contribution in [-0.4, -0.2) is 87.4 Å². The molecule has 0 aliphatic rings. The molecule has 0 fully saturated rings. The summed E-state index contributed by atoms with van der Waals surface area (Å²) in [4.78, 5) is 37.8. The molecule has 0 rings (SSSR count). The Morgan fingerprint density at radius 1 is 0.297 bits per heavy atom. The van der Waals surface area contributed by atoms with Gasteiger partial charge in [-0.25, -0.2) is 4.79 Å². The summed E-state index contributed by atoms with van der Waals surface area (Å²) in [5, 5.41) is 9.79. The number of likely N-dealkylation sites (N-methyl/N-ethyl adjacent to an activating group) is 1. The van der Waals surface area contributed by atoms with Crippen LogP contribution in [0.25, 0.3) is 0 Å². The molecule has 101 heavy (non-hydrogen) atoms. The number of carboxylic acid groups (broad SMARTS) is 1. The van der Waals surface area contributed by atoms with Gasteiger partial charge in [-0.1, -0.05) is 456 Å².